The largest absolute Gasteiger partial charge is 0.469 e. The first-order valence-corrected chi connectivity index (χ1v) is 6.30. The summed E-state index contributed by atoms with van der Waals surface area (Å²) in [5.74, 6) is -1.02. The van der Waals surface area contributed by atoms with Crippen LogP contribution in [0.15, 0.2) is 0 Å². The number of rotatable bonds is 3. The van der Waals surface area contributed by atoms with Gasteiger partial charge in [-0.15, -0.1) is 0 Å². The van der Waals surface area contributed by atoms with Crippen molar-refractivity contribution >= 4 is 17.8 Å². The van der Waals surface area contributed by atoms with Crippen LogP contribution in [0.25, 0.3) is 0 Å². The van der Waals surface area contributed by atoms with Crippen molar-refractivity contribution in [3.8, 4) is 0 Å². The number of hydrogen-bond acceptors (Lipinski definition) is 5. The smallest absolute Gasteiger partial charge is 0.410 e. The van der Waals surface area contributed by atoms with Gasteiger partial charge in [0.25, 0.3) is 0 Å². The van der Waals surface area contributed by atoms with Crippen LogP contribution in [0.4, 0.5) is 4.79 Å². The third kappa shape index (κ3) is 4.89. The highest BCUT2D eigenvalue weighted by atomic mass is 16.6. The van der Waals surface area contributed by atoms with Gasteiger partial charge in [0.2, 0.25) is 0 Å². The first-order valence-electron chi connectivity index (χ1n) is 6.30. The third-order valence-corrected chi connectivity index (χ3v) is 2.84. The van der Waals surface area contributed by atoms with E-state index in [0.29, 0.717) is 19.5 Å². The molecule has 1 aliphatic heterocycles. The standard InChI is InChI=1S/C13H21NO5/c1-13(2,3)19-12(17)14-6-5-9(8-14)10(15)7-11(16)18-4/h9H,5-8H2,1-4H3. The van der Waals surface area contributed by atoms with E-state index in [1.807, 2.05) is 0 Å². The average molecular weight is 271 g/mol. The number of hydrogen-bond donors (Lipinski definition) is 0. The maximum Gasteiger partial charge on any atom is 0.410 e. The van der Waals surface area contributed by atoms with Crippen LogP contribution in [0.3, 0.4) is 0 Å². The van der Waals surface area contributed by atoms with Gasteiger partial charge < -0.3 is 14.4 Å². The number of amides is 1. The van der Waals surface area contributed by atoms with Crippen LogP contribution in [-0.2, 0) is 19.1 Å². The van der Waals surface area contributed by atoms with Crippen LogP contribution < -0.4 is 0 Å². The second kappa shape index (κ2) is 6.04. The molecule has 1 atom stereocenters. The monoisotopic (exact) mass is 271 g/mol. The van der Waals surface area contributed by atoms with Gasteiger partial charge in [0.05, 0.1) is 7.11 Å². The minimum atomic E-state index is -0.550. The highest BCUT2D eigenvalue weighted by molar-refractivity contribution is 5.97. The molecule has 0 aromatic carbocycles. The maximum absolute atomic E-state index is 11.8. The summed E-state index contributed by atoms with van der Waals surface area (Å²) in [6.07, 6.45) is -0.0841. The second-order valence-corrected chi connectivity index (χ2v) is 5.63. The maximum atomic E-state index is 11.8. The Balaban J connectivity index is 2.47. The molecule has 1 unspecified atom stereocenters. The van der Waals surface area contributed by atoms with Crippen molar-refractivity contribution in [3.05, 3.63) is 0 Å². The van der Waals surface area contributed by atoms with Crippen LogP contribution in [0, 0.1) is 5.92 Å². The Kier molecular flexibility index (Phi) is 4.91. The van der Waals surface area contributed by atoms with Crippen LogP contribution >= 0.6 is 0 Å². The molecule has 19 heavy (non-hydrogen) atoms. The molecule has 6 heteroatoms. The molecule has 1 rings (SSSR count). The molecular formula is C13H21NO5. The van der Waals surface area contributed by atoms with Crippen molar-refractivity contribution in [2.45, 2.75) is 39.2 Å². The van der Waals surface area contributed by atoms with Crippen molar-refractivity contribution < 1.29 is 23.9 Å². The van der Waals surface area contributed by atoms with Crippen LogP contribution in [0.1, 0.15) is 33.6 Å². The van der Waals surface area contributed by atoms with Gasteiger partial charge >= 0.3 is 12.1 Å². The third-order valence-electron chi connectivity index (χ3n) is 2.84. The molecule has 1 fully saturated rings. The van der Waals surface area contributed by atoms with Gasteiger partial charge in [-0.1, -0.05) is 0 Å². The predicted octanol–water partition coefficient (Wildman–Crippen LogP) is 1.38. The van der Waals surface area contributed by atoms with Gasteiger partial charge in [-0.05, 0) is 27.2 Å². The van der Waals surface area contributed by atoms with Crippen molar-refractivity contribution in [1.82, 2.24) is 4.90 Å². The van der Waals surface area contributed by atoms with Crippen molar-refractivity contribution in [2.24, 2.45) is 5.92 Å². The Morgan fingerprint density at radius 1 is 1.26 bits per heavy atom. The first-order chi connectivity index (χ1) is 8.73. The summed E-state index contributed by atoms with van der Waals surface area (Å²) in [5.41, 5.74) is -0.550. The lowest BCUT2D eigenvalue weighted by Gasteiger charge is -2.24. The van der Waals surface area contributed by atoms with E-state index in [1.165, 1.54) is 12.0 Å². The van der Waals surface area contributed by atoms with Crippen molar-refractivity contribution in [1.29, 1.82) is 0 Å². The number of Topliss-reactive ketones (excluding diaryl/α,β-unsaturated/α-hetero) is 1. The van der Waals surface area contributed by atoms with E-state index in [9.17, 15) is 14.4 Å². The normalized spacial score (nSPS) is 19.2. The molecule has 1 saturated heterocycles. The summed E-state index contributed by atoms with van der Waals surface area (Å²) in [7, 11) is 1.25. The van der Waals surface area contributed by atoms with Crippen LogP contribution in [0.5, 0.6) is 0 Å². The van der Waals surface area contributed by atoms with Crippen LogP contribution in [0.2, 0.25) is 0 Å². The second-order valence-electron chi connectivity index (χ2n) is 5.63. The predicted molar refractivity (Wildman–Crippen MR) is 67.6 cm³/mol. The summed E-state index contributed by atoms with van der Waals surface area (Å²) < 4.78 is 9.69. The summed E-state index contributed by atoms with van der Waals surface area (Å²) in [5, 5.41) is 0. The zero-order valence-corrected chi connectivity index (χ0v) is 11.9. The zero-order valence-electron chi connectivity index (χ0n) is 11.9. The lowest BCUT2D eigenvalue weighted by Crippen LogP contribution is -2.36. The fourth-order valence-corrected chi connectivity index (χ4v) is 1.87. The van der Waals surface area contributed by atoms with E-state index in [1.54, 1.807) is 20.8 Å². The van der Waals surface area contributed by atoms with Gasteiger partial charge in [-0.2, -0.15) is 0 Å². The van der Waals surface area contributed by atoms with E-state index in [4.69, 9.17) is 4.74 Å². The Morgan fingerprint density at radius 2 is 1.89 bits per heavy atom. The number of ether oxygens (including phenoxy) is 2. The summed E-state index contributed by atoms with van der Waals surface area (Å²) in [6, 6.07) is 0. The van der Waals surface area contributed by atoms with Gasteiger partial charge in [-0.3, -0.25) is 9.59 Å². The fraction of sp³-hybridized carbons (Fsp3) is 0.769. The summed E-state index contributed by atoms with van der Waals surface area (Å²) in [6.45, 7) is 6.17. The molecular weight excluding hydrogens is 250 g/mol. The van der Waals surface area contributed by atoms with Crippen molar-refractivity contribution in [2.75, 3.05) is 20.2 Å². The van der Waals surface area contributed by atoms with Gasteiger partial charge in [-0.25, -0.2) is 4.79 Å². The Bertz CT molecular complexity index is 372. The lowest BCUT2D eigenvalue weighted by molar-refractivity contribution is -0.144. The molecule has 0 saturated carbocycles. The van der Waals surface area contributed by atoms with E-state index in [2.05, 4.69) is 4.74 Å². The van der Waals surface area contributed by atoms with Gasteiger partial charge in [0.15, 0.2) is 0 Å². The quantitative estimate of drug-likeness (QED) is 0.572. The number of carbonyl (C=O) groups is 3. The molecule has 0 radical (unpaired) electrons. The summed E-state index contributed by atoms with van der Waals surface area (Å²) in [4.78, 5) is 36.1. The molecule has 0 aromatic rings. The highest BCUT2D eigenvalue weighted by Gasteiger charge is 2.33. The minimum Gasteiger partial charge on any atom is -0.469 e. The minimum absolute atomic E-state index is 0.182. The number of likely N-dealkylation sites (tertiary alicyclic amines) is 1. The molecule has 0 aromatic heterocycles. The molecule has 0 bridgehead atoms. The number of carbonyl (C=O) groups excluding carboxylic acids is 3. The topological polar surface area (TPSA) is 72.9 Å². The molecule has 0 N–H and O–H groups in total. The average Bonchev–Trinajstić information content (AvgIpc) is 2.75. The lowest BCUT2D eigenvalue weighted by atomic mass is 10.0. The molecule has 0 spiro atoms. The molecule has 0 aliphatic carbocycles. The molecule has 1 aliphatic rings. The van der Waals surface area contributed by atoms with Gasteiger partial charge in [0, 0.05) is 19.0 Å². The number of methoxy groups -OCH3 is 1. The molecule has 108 valence electrons. The van der Waals surface area contributed by atoms with E-state index >= 15 is 0 Å². The van der Waals surface area contributed by atoms with E-state index < -0.39 is 17.7 Å². The Morgan fingerprint density at radius 3 is 2.42 bits per heavy atom. The fourth-order valence-electron chi connectivity index (χ4n) is 1.87. The first kappa shape index (κ1) is 15.5. The summed E-state index contributed by atoms with van der Waals surface area (Å²) >= 11 is 0. The van der Waals surface area contributed by atoms with Crippen LogP contribution in [-0.4, -0.2) is 48.5 Å². The Hall–Kier alpha value is -1.59. The number of ketones is 1. The number of esters is 1. The van der Waals surface area contributed by atoms with E-state index in [-0.39, 0.29) is 18.1 Å². The number of nitrogens with zero attached hydrogens (tertiary/aromatic N) is 1. The molecule has 1 heterocycles. The molecule has 6 nitrogen and oxygen atoms in total. The SMILES string of the molecule is COC(=O)CC(=O)C1CCN(C(=O)OC(C)(C)C)C1. The zero-order chi connectivity index (χ0) is 14.6. The van der Waals surface area contributed by atoms with Crippen molar-refractivity contribution in [3.63, 3.8) is 0 Å². The molecule has 1 amide bonds. The Labute approximate surface area is 113 Å². The van der Waals surface area contributed by atoms with Gasteiger partial charge in [0.1, 0.15) is 17.8 Å². The highest BCUT2D eigenvalue weighted by Crippen LogP contribution is 2.21. The van der Waals surface area contributed by atoms with E-state index in [0.717, 1.165) is 0 Å².